The number of ether oxygens (including phenoxy) is 1. The predicted octanol–water partition coefficient (Wildman–Crippen LogP) is 2.94. The Labute approximate surface area is 148 Å². The van der Waals surface area contributed by atoms with Gasteiger partial charge in [0.2, 0.25) is 0 Å². The minimum Gasteiger partial charge on any atom is -0.476 e. The highest BCUT2D eigenvalue weighted by atomic mass is 28.4. The molecule has 0 bridgehead atoms. The van der Waals surface area contributed by atoms with Gasteiger partial charge in [-0.25, -0.2) is 0 Å². The van der Waals surface area contributed by atoms with Gasteiger partial charge in [-0.2, -0.15) is 0 Å². The summed E-state index contributed by atoms with van der Waals surface area (Å²) >= 11 is 0. The molecule has 0 fully saturated rings. The van der Waals surface area contributed by atoms with Crippen LogP contribution in [0, 0.1) is 6.92 Å². The fraction of sp³-hybridized carbons (Fsp3) is 0.556. The van der Waals surface area contributed by atoms with E-state index in [-0.39, 0.29) is 16.2 Å². The molecular weight excluding hydrogens is 336 g/mol. The molecule has 0 aliphatic carbocycles. The maximum absolute atomic E-state index is 12.3. The molecule has 0 aliphatic heterocycles. The number of aryl methyl sites for hydroxylation is 2. The quantitative estimate of drug-likeness (QED) is 0.654. The molecule has 0 amide bonds. The molecule has 0 aliphatic rings. The summed E-state index contributed by atoms with van der Waals surface area (Å²) in [5.41, 5.74) is 0.707. The van der Waals surface area contributed by atoms with Crippen LogP contribution in [-0.2, 0) is 11.5 Å². The fourth-order valence-electron chi connectivity index (χ4n) is 2.35. The topological polar surface area (TPSA) is 73.3 Å². The summed E-state index contributed by atoms with van der Waals surface area (Å²) in [5, 5.41) is 0.616. The predicted molar refractivity (Wildman–Crippen MR) is 103 cm³/mol. The SMILES string of the molecule is Cc1cc2c(=O)[nH]c(OCCO[Si](C)(C)C(C)(C)C)cc2n(C)c1=O. The van der Waals surface area contributed by atoms with Crippen molar-refractivity contribution in [2.45, 2.75) is 45.8 Å². The van der Waals surface area contributed by atoms with Crippen molar-refractivity contribution >= 4 is 19.2 Å². The molecule has 0 atom stereocenters. The van der Waals surface area contributed by atoms with E-state index in [1.165, 1.54) is 4.57 Å². The summed E-state index contributed by atoms with van der Waals surface area (Å²) in [6, 6.07) is 3.30. The summed E-state index contributed by atoms with van der Waals surface area (Å²) in [4.78, 5) is 27.0. The largest absolute Gasteiger partial charge is 0.476 e. The van der Waals surface area contributed by atoms with E-state index in [1.54, 1.807) is 26.1 Å². The Hall–Kier alpha value is -1.86. The third-order valence-corrected chi connectivity index (χ3v) is 9.54. The normalized spacial score (nSPS) is 12.6. The summed E-state index contributed by atoms with van der Waals surface area (Å²) in [6.07, 6.45) is 0. The molecule has 0 saturated heterocycles. The van der Waals surface area contributed by atoms with Crippen LogP contribution in [0.15, 0.2) is 21.7 Å². The van der Waals surface area contributed by atoms with Gasteiger partial charge in [0.1, 0.15) is 6.61 Å². The minimum absolute atomic E-state index is 0.120. The number of rotatable bonds is 5. The lowest BCUT2D eigenvalue weighted by molar-refractivity contribution is 0.199. The average molecular weight is 365 g/mol. The van der Waals surface area contributed by atoms with Crippen molar-refractivity contribution in [2.24, 2.45) is 7.05 Å². The van der Waals surface area contributed by atoms with Gasteiger partial charge in [-0.3, -0.25) is 14.6 Å². The van der Waals surface area contributed by atoms with E-state index in [2.05, 4.69) is 38.8 Å². The lowest BCUT2D eigenvalue weighted by Crippen LogP contribution is -2.41. The molecule has 25 heavy (non-hydrogen) atoms. The van der Waals surface area contributed by atoms with E-state index < -0.39 is 8.32 Å². The van der Waals surface area contributed by atoms with Crippen LogP contribution >= 0.6 is 0 Å². The summed E-state index contributed by atoms with van der Waals surface area (Å²) < 4.78 is 13.2. The van der Waals surface area contributed by atoms with Crippen molar-refractivity contribution in [1.82, 2.24) is 9.55 Å². The van der Waals surface area contributed by atoms with Gasteiger partial charge in [0.05, 0.1) is 17.5 Å². The van der Waals surface area contributed by atoms with Gasteiger partial charge < -0.3 is 13.7 Å². The monoisotopic (exact) mass is 364 g/mol. The van der Waals surface area contributed by atoms with E-state index in [9.17, 15) is 9.59 Å². The Balaban J connectivity index is 2.16. The zero-order valence-corrected chi connectivity index (χ0v) is 17.1. The van der Waals surface area contributed by atoms with Crippen LogP contribution in [0.3, 0.4) is 0 Å². The van der Waals surface area contributed by atoms with Crippen molar-refractivity contribution < 1.29 is 9.16 Å². The molecule has 1 N–H and O–H groups in total. The van der Waals surface area contributed by atoms with Crippen LogP contribution < -0.4 is 15.9 Å². The number of aromatic nitrogens is 2. The van der Waals surface area contributed by atoms with Crippen LogP contribution in [-0.4, -0.2) is 31.1 Å². The molecule has 0 spiro atoms. The highest BCUT2D eigenvalue weighted by Crippen LogP contribution is 2.36. The van der Waals surface area contributed by atoms with Crippen LogP contribution in [0.1, 0.15) is 26.3 Å². The van der Waals surface area contributed by atoms with Gasteiger partial charge in [-0.1, -0.05) is 20.8 Å². The van der Waals surface area contributed by atoms with Crippen molar-refractivity contribution in [2.75, 3.05) is 13.2 Å². The van der Waals surface area contributed by atoms with E-state index in [0.29, 0.717) is 35.6 Å². The van der Waals surface area contributed by atoms with Crippen molar-refractivity contribution in [3.63, 3.8) is 0 Å². The second kappa shape index (κ2) is 6.80. The first-order valence-electron chi connectivity index (χ1n) is 8.44. The molecule has 0 aromatic carbocycles. The Morgan fingerprint density at radius 1 is 1.16 bits per heavy atom. The van der Waals surface area contributed by atoms with Crippen LogP contribution in [0.4, 0.5) is 0 Å². The number of fused-ring (bicyclic) bond motifs is 1. The number of nitrogens with zero attached hydrogens (tertiary/aromatic N) is 1. The van der Waals surface area contributed by atoms with Crippen LogP contribution in [0.2, 0.25) is 18.1 Å². The molecule has 0 radical (unpaired) electrons. The van der Waals surface area contributed by atoms with Crippen molar-refractivity contribution in [3.05, 3.63) is 38.4 Å². The summed E-state index contributed by atoms with van der Waals surface area (Å²) in [5.74, 6) is 0.343. The summed E-state index contributed by atoms with van der Waals surface area (Å²) in [7, 11) is -0.164. The zero-order valence-electron chi connectivity index (χ0n) is 16.1. The Morgan fingerprint density at radius 2 is 1.80 bits per heavy atom. The van der Waals surface area contributed by atoms with E-state index in [1.807, 2.05) is 0 Å². The highest BCUT2D eigenvalue weighted by Gasteiger charge is 2.36. The van der Waals surface area contributed by atoms with Gasteiger partial charge in [0.15, 0.2) is 14.2 Å². The molecule has 0 saturated carbocycles. The molecule has 2 aromatic heterocycles. The van der Waals surface area contributed by atoms with Crippen molar-refractivity contribution in [3.8, 4) is 5.88 Å². The molecule has 138 valence electrons. The second-order valence-corrected chi connectivity index (χ2v) is 12.7. The number of aromatic amines is 1. The van der Waals surface area contributed by atoms with Gasteiger partial charge in [-0.15, -0.1) is 0 Å². The molecule has 2 aromatic rings. The highest BCUT2D eigenvalue weighted by molar-refractivity contribution is 6.74. The van der Waals surface area contributed by atoms with Crippen molar-refractivity contribution in [1.29, 1.82) is 0 Å². The summed E-state index contributed by atoms with van der Waals surface area (Å²) in [6.45, 7) is 13.4. The first-order chi connectivity index (χ1) is 11.4. The van der Waals surface area contributed by atoms with Gasteiger partial charge >= 0.3 is 0 Å². The second-order valence-electron chi connectivity index (χ2n) is 7.91. The molecule has 6 nitrogen and oxygen atoms in total. The Kier molecular flexibility index (Phi) is 5.29. The lowest BCUT2D eigenvalue weighted by Gasteiger charge is -2.36. The number of pyridine rings is 2. The van der Waals surface area contributed by atoms with Gasteiger partial charge in [-0.05, 0) is 31.1 Å². The number of hydrogen-bond acceptors (Lipinski definition) is 4. The molecular formula is C18H28N2O4Si. The molecule has 7 heteroatoms. The first kappa shape index (κ1) is 19.5. The van der Waals surface area contributed by atoms with Crippen LogP contribution in [0.25, 0.3) is 10.9 Å². The third-order valence-electron chi connectivity index (χ3n) is 5.00. The lowest BCUT2D eigenvalue weighted by atomic mass is 10.2. The first-order valence-corrected chi connectivity index (χ1v) is 11.4. The Morgan fingerprint density at radius 3 is 2.40 bits per heavy atom. The van der Waals surface area contributed by atoms with Gasteiger partial charge in [0, 0.05) is 18.7 Å². The van der Waals surface area contributed by atoms with Crippen LogP contribution in [0.5, 0.6) is 5.88 Å². The Bertz CT molecular complexity index is 891. The standard InChI is InChI=1S/C18H28N2O4Si/c1-12-10-13-14(20(5)17(12)22)11-15(19-16(13)21)23-8-9-24-25(6,7)18(2,3)4/h10-11H,8-9H2,1-7H3,(H,19,21). The number of H-pyrrole nitrogens is 1. The number of nitrogens with one attached hydrogen (secondary N) is 1. The van der Waals surface area contributed by atoms with E-state index in [0.717, 1.165) is 0 Å². The fourth-order valence-corrected chi connectivity index (χ4v) is 3.37. The molecule has 0 unspecified atom stereocenters. The van der Waals surface area contributed by atoms with Gasteiger partial charge in [0.25, 0.3) is 11.1 Å². The number of hydrogen-bond donors (Lipinski definition) is 1. The smallest absolute Gasteiger partial charge is 0.260 e. The molecule has 2 heterocycles. The maximum Gasteiger partial charge on any atom is 0.260 e. The third kappa shape index (κ3) is 4.04. The average Bonchev–Trinajstić information content (AvgIpc) is 2.49. The van der Waals surface area contributed by atoms with E-state index >= 15 is 0 Å². The maximum atomic E-state index is 12.3. The zero-order chi connectivity index (χ0) is 19.0. The van der Waals surface area contributed by atoms with E-state index in [4.69, 9.17) is 9.16 Å². The minimum atomic E-state index is -1.82. The molecule has 2 rings (SSSR count).